The fraction of sp³-hybridized carbons (Fsp3) is 0.150. The number of pyridine rings is 1. The monoisotopic (exact) mass is 347 g/mol. The second-order valence-corrected chi connectivity index (χ2v) is 5.88. The normalized spacial score (nSPS) is 11.2. The van der Waals surface area contributed by atoms with E-state index >= 15 is 0 Å². The minimum atomic E-state index is -0.369. The maximum atomic E-state index is 13.1. The Kier molecular flexibility index (Phi) is 3.80. The van der Waals surface area contributed by atoms with Gasteiger partial charge in [-0.1, -0.05) is 30.3 Å². The molecule has 6 nitrogen and oxygen atoms in total. The van der Waals surface area contributed by atoms with Crippen LogP contribution >= 0.6 is 0 Å². The number of hydrogen-bond acceptors (Lipinski definition) is 4. The first-order chi connectivity index (χ1) is 12.7. The lowest BCUT2D eigenvalue weighted by atomic mass is 10.1. The van der Waals surface area contributed by atoms with Crippen molar-refractivity contribution in [3.8, 4) is 11.4 Å². The van der Waals surface area contributed by atoms with E-state index in [0.717, 1.165) is 0 Å². The number of nitrogens with zero attached hydrogens (tertiary/aromatic N) is 3. The van der Waals surface area contributed by atoms with Crippen LogP contribution in [-0.2, 0) is 6.54 Å². The summed E-state index contributed by atoms with van der Waals surface area (Å²) in [6.07, 6.45) is 1.52. The molecule has 4 aromatic rings. The molecule has 0 saturated carbocycles. The Balaban J connectivity index is 2.32. The largest absolute Gasteiger partial charge is 0.494 e. The Morgan fingerprint density at radius 1 is 1.00 bits per heavy atom. The van der Waals surface area contributed by atoms with Crippen molar-refractivity contribution in [1.82, 2.24) is 14.1 Å². The molecule has 0 fully saturated rings. The van der Waals surface area contributed by atoms with Gasteiger partial charge in [0.25, 0.3) is 5.56 Å². The number of para-hydroxylation sites is 2. The Bertz CT molecular complexity index is 1240. The number of hydrogen-bond donors (Lipinski definition) is 0. The minimum Gasteiger partial charge on any atom is -0.494 e. The fourth-order valence-electron chi connectivity index (χ4n) is 3.29. The topological polar surface area (TPSA) is 66.1 Å². The molecule has 0 aliphatic rings. The molecule has 0 aliphatic carbocycles. The van der Waals surface area contributed by atoms with E-state index in [1.807, 2.05) is 42.5 Å². The number of rotatable bonds is 3. The van der Waals surface area contributed by atoms with Crippen LogP contribution in [0.4, 0.5) is 0 Å². The SMILES string of the molecule is CCn1c(=O)c2cnc3c(OC)cccc3c2n(-c2ccccc2)c1=O. The van der Waals surface area contributed by atoms with Crippen molar-refractivity contribution in [2.24, 2.45) is 0 Å². The van der Waals surface area contributed by atoms with Crippen LogP contribution in [0.25, 0.3) is 27.5 Å². The summed E-state index contributed by atoms with van der Waals surface area (Å²) in [5, 5.41) is 1.10. The Morgan fingerprint density at radius 3 is 2.46 bits per heavy atom. The molecular formula is C20H17N3O3. The van der Waals surface area contributed by atoms with Gasteiger partial charge in [0.2, 0.25) is 0 Å². The summed E-state index contributed by atoms with van der Waals surface area (Å²) in [6, 6.07) is 14.8. The number of ether oxygens (including phenoxy) is 1. The van der Waals surface area contributed by atoms with Crippen LogP contribution in [0.2, 0.25) is 0 Å². The van der Waals surface area contributed by atoms with Crippen LogP contribution < -0.4 is 16.0 Å². The highest BCUT2D eigenvalue weighted by Gasteiger charge is 2.17. The zero-order valence-corrected chi connectivity index (χ0v) is 14.5. The van der Waals surface area contributed by atoms with E-state index < -0.39 is 0 Å². The van der Waals surface area contributed by atoms with E-state index in [-0.39, 0.29) is 17.8 Å². The van der Waals surface area contributed by atoms with Gasteiger partial charge in [0.05, 0.1) is 23.7 Å². The third-order valence-corrected chi connectivity index (χ3v) is 4.50. The van der Waals surface area contributed by atoms with Crippen molar-refractivity contribution in [1.29, 1.82) is 0 Å². The van der Waals surface area contributed by atoms with E-state index in [1.165, 1.54) is 10.8 Å². The molecule has 2 aromatic heterocycles. The zero-order chi connectivity index (χ0) is 18.3. The molecule has 130 valence electrons. The van der Waals surface area contributed by atoms with Crippen LogP contribution in [0.15, 0.2) is 64.3 Å². The van der Waals surface area contributed by atoms with E-state index in [0.29, 0.717) is 33.2 Å². The quantitative estimate of drug-likeness (QED) is 0.535. The van der Waals surface area contributed by atoms with Crippen LogP contribution in [0.3, 0.4) is 0 Å². The first-order valence-electron chi connectivity index (χ1n) is 8.34. The smallest absolute Gasteiger partial charge is 0.336 e. The second kappa shape index (κ2) is 6.15. The lowest BCUT2D eigenvalue weighted by Crippen LogP contribution is -2.39. The molecule has 26 heavy (non-hydrogen) atoms. The highest BCUT2D eigenvalue weighted by molar-refractivity contribution is 6.05. The number of benzene rings is 2. The Hall–Kier alpha value is -3.41. The van der Waals surface area contributed by atoms with Crippen molar-refractivity contribution < 1.29 is 4.74 Å². The van der Waals surface area contributed by atoms with Crippen LogP contribution in [0, 0.1) is 0 Å². The summed E-state index contributed by atoms with van der Waals surface area (Å²) >= 11 is 0. The minimum absolute atomic E-state index is 0.288. The average molecular weight is 347 g/mol. The molecule has 0 atom stereocenters. The van der Waals surface area contributed by atoms with Crippen LogP contribution in [0.1, 0.15) is 6.92 Å². The van der Waals surface area contributed by atoms with Gasteiger partial charge in [-0.15, -0.1) is 0 Å². The van der Waals surface area contributed by atoms with Gasteiger partial charge >= 0.3 is 5.69 Å². The van der Waals surface area contributed by atoms with Gasteiger partial charge in [-0.3, -0.25) is 18.9 Å². The summed E-state index contributed by atoms with van der Waals surface area (Å²) in [5.74, 6) is 0.594. The lowest BCUT2D eigenvalue weighted by Gasteiger charge is -2.15. The fourth-order valence-corrected chi connectivity index (χ4v) is 3.29. The van der Waals surface area contributed by atoms with Crippen molar-refractivity contribution in [3.05, 3.63) is 75.6 Å². The van der Waals surface area contributed by atoms with Crippen molar-refractivity contribution in [3.63, 3.8) is 0 Å². The van der Waals surface area contributed by atoms with Gasteiger partial charge in [-0.2, -0.15) is 0 Å². The molecule has 0 unspecified atom stereocenters. The first-order valence-corrected chi connectivity index (χ1v) is 8.34. The maximum Gasteiger partial charge on any atom is 0.336 e. The average Bonchev–Trinajstić information content (AvgIpc) is 2.68. The van der Waals surface area contributed by atoms with E-state index in [1.54, 1.807) is 24.7 Å². The molecule has 4 rings (SSSR count). The summed E-state index contributed by atoms with van der Waals surface area (Å²) in [6.45, 7) is 2.07. The molecule has 0 amide bonds. The highest BCUT2D eigenvalue weighted by Crippen LogP contribution is 2.28. The molecule has 6 heteroatoms. The number of fused-ring (bicyclic) bond motifs is 3. The number of aromatic nitrogens is 3. The lowest BCUT2D eigenvalue weighted by molar-refractivity contribution is 0.419. The van der Waals surface area contributed by atoms with Crippen LogP contribution in [0.5, 0.6) is 5.75 Å². The van der Waals surface area contributed by atoms with Crippen molar-refractivity contribution in [2.75, 3.05) is 7.11 Å². The second-order valence-electron chi connectivity index (χ2n) is 5.88. The van der Waals surface area contributed by atoms with Gasteiger partial charge in [0, 0.05) is 18.1 Å². The summed E-state index contributed by atoms with van der Waals surface area (Å²) in [4.78, 5) is 30.4. The summed E-state index contributed by atoms with van der Waals surface area (Å²) in [5.41, 5.74) is 1.14. The van der Waals surface area contributed by atoms with Gasteiger partial charge in [-0.25, -0.2) is 4.79 Å². The third kappa shape index (κ3) is 2.23. The predicted molar refractivity (Wildman–Crippen MR) is 101 cm³/mol. The Labute approximate surface area is 148 Å². The van der Waals surface area contributed by atoms with E-state index in [9.17, 15) is 9.59 Å². The molecule has 0 radical (unpaired) electrons. The molecule has 0 bridgehead atoms. The highest BCUT2D eigenvalue weighted by atomic mass is 16.5. The number of methoxy groups -OCH3 is 1. The molecule has 0 N–H and O–H groups in total. The van der Waals surface area contributed by atoms with Gasteiger partial charge in [-0.05, 0) is 25.1 Å². The molecule has 0 spiro atoms. The van der Waals surface area contributed by atoms with Gasteiger partial charge in [0.15, 0.2) is 0 Å². The van der Waals surface area contributed by atoms with E-state index in [4.69, 9.17) is 4.74 Å². The standard InChI is InChI=1S/C20H17N3O3/c1-3-22-19(24)15-12-21-17-14(10-7-11-16(17)26-2)18(15)23(20(22)25)13-8-5-4-6-9-13/h4-12H,3H2,1-2H3. The molecule has 2 heterocycles. The third-order valence-electron chi connectivity index (χ3n) is 4.50. The van der Waals surface area contributed by atoms with Gasteiger partial charge in [0.1, 0.15) is 11.3 Å². The molecule has 2 aromatic carbocycles. The Morgan fingerprint density at radius 2 is 1.77 bits per heavy atom. The summed E-state index contributed by atoms with van der Waals surface area (Å²) in [7, 11) is 1.57. The molecule has 0 saturated heterocycles. The van der Waals surface area contributed by atoms with Gasteiger partial charge < -0.3 is 4.74 Å². The van der Waals surface area contributed by atoms with Crippen molar-refractivity contribution >= 4 is 21.8 Å². The maximum absolute atomic E-state index is 13.1. The van der Waals surface area contributed by atoms with E-state index in [2.05, 4.69) is 4.98 Å². The zero-order valence-electron chi connectivity index (χ0n) is 14.5. The predicted octanol–water partition coefficient (Wildman–Crippen LogP) is 2.73. The first kappa shape index (κ1) is 16.1. The summed E-state index contributed by atoms with van der Waals surface area (Å²) < 4.78 is 8.19. The van der Waals surface area contributed by atoms with Crippen LogP contribution in [-0.4, -0.2) is 21.2 Å². The van der Waals surface area contributed by atoms with Crippen molar-refractivity contribution in [2.45, 2.75) is 13.5 Å². The molecule has 0 aliphatic heterocycles. The molecular weight excluding hydrogens is 330 g/mol.